The fourth-order valence-corrected chi connectivity index (χ4v) is 0.655. The summed E-state index contributed by atoms with van der Waals surface area (Å²) in [6, 6.07) is 0. The van der Waals surface area contributed by atoms with Crippen molar-refractivity contribution in [3.8, 4) is 0 Å². The molecule has 15 heavy (non-hydrogen) atoms. The molecule has 9 heteroatoms. The van der Waals surface area contributed by atoms with Crippen LogP contribution in [0.15, 0.2) is 0 Å². The van der Waals surface area contributed by atoms with Crippen molar-refractivity contribution >= 4 is 75.7 Å². The first-order chi connectivity index (χ1) is 6.36. The number of rotatable bonds is 4. The number of carbonyl (C=O) groups excluding carboxylic acids is 2. The van der Waals surface area contributed by atoms with E-state index in [0.29, 0.717) is 10.7 Å². The molecule has 0 saturated heterocycles. The van der Waals surface area contributed by atoms with Gasteiger partial charge in [-0.2, -0.15) is 0 Å². The molecule has 0 heterocycles. The van der Waals surface area contributed by atoms with Crippen LogP contribution in [0.25, 0.3) is 0 Å². The molecule has 0 spiro atoms. The molecule has 0 N–H and O–H groups in total. The number of carboxylic acid groups (broad SMARTS) is 2. The smallest absolute Gasteiger partial charge is 0.549 e. The van der Waals surface area contributed by atoms with E-state index in [1.807, 2.05) is 0 Å². The van der Waals surface area contributed by atoms with Gasteiger partial charge in [0.2, 0.25) is 0 Å². The Hall–Kier alpha value is 1.80. The van der Waals surface area contributed by atoms with Gasteiger partial charge in [-0.25, -0.2) is 0 Å². The number of hydrogen-bond acceptors (Lipinski definition) is 4. The molecule has 2 atom stereocenters. The number of halogens is 4. The van der Waals surface area contributed by atoms with Crippen LogP contribution in [0.3, 0.4) is 0 Å². The van der Waals surface area contributed by atoms with Gasteiger partial charge in [0.25, 0.3) is 0 Å². The molecule has 84 valence electrons. The van der Waals surface area contributed by atoms with Crippen LogP contribution < -0.4 is 10.2 Å². The molecule has 0 rings (SSSR count). The first kappa shape index (κ1) is 22.0. The zero-order valence-electron chi connectivity index (χ0n) is 7.42. The largest absolute Gasteiger partial charge is 2.00 e. The van der Waals surface area contributed by atoms with Gasteiger partial charge in [0, 0.05) is 10.7 Å². The molecule has 0 aliphatic carbocycles. The van der Waals surface area contributed by atoms with E-state index in [-0.39, 0.29) is 27.7 Å². The summed E-state index contributed by atoms with van der Waals surface area (Å²) in [6.45, 7) is 0. The Bertz CT molecular complexity index is 172. The number of carbonyl (C=O) groups is 2. The van der Waals surface area contributed by atoms with E-state index in [4.69, 9.17) is 0 Å². The summed E-state index contributed by atoms with van der Waals surface area (Å²) in [7, 11) is 0. The third-order valence-electron chi connectivity index (χ3n) is 0.782. The predicted molar refractivity (Wildman–Crippen MR) is 63.0 cm³/mol. The van der Waals surface area contributed by atoms with E-state index in [2.05, 4.69) is 63.7 Å². The Balaban J connectivity index is -0.000000180. The van der Waals surface area contributed by atoms with Crippen LogP contribution in [0.1, 0.15) is 0 Å². The minimum Gasteiger partial charge on any atom is -0.549 e. The van der Waals surface area contributed by atoms with Crippen LogP contribution in [0.4, 0.5) is 0 Å². The van der Waals surface area contributed by atoms with E-state index < -0.39 is 21.6 Å². The van der Waals surface area contributed by atoms with Crippen molar-refractivity contribution in [1.82, 2.24) is 0 Å². The van der Waals surface area contributed by atoms with Crippen molar-refractivity contribution in [3.63, 3.8) is 0 Å². The van der Waals surface area contributed by atoms with Gasteiger partial charge in [0.1, 0.15) is 0 Å². The summed E-state index contributed by atoms with van der Waals surface area (Å²) in [5.41, 5.74) is 0. The molecule has 0 amide bonds. The van der Waals surface area contributed by atoms with Crippen molar-refractivity contribution in [3.05, 3.63) is 0 Å². The molecule has 0 aromatic rings. The van der Waals surface area contributed by atoms with Crippen molar-refractivity contribution in [2.24, 2.45) is 0 Å². The molecular formula is C6H6Br4HgO4. The van der Waals surface area contributed by atoms with Gasteiger partial charge in [-0.1, -0.05) is 63.7 Å². The summed E-state index contributed by atoms with van der Waals surface area (Å²) in [4.78, 5) is 18.4. The van der Waals surface area contributed by atoms with Crippen LogP contribution in [0, 0.1) is 0 Å². The predicted octanol–water partition coefficient (Wildman–Crippen LogP) is -0.213. The van der Waals surface area contributed by atoms with E-state index in [1.165, 1.54) is 0 Å². The third kappa shape index (κ3) is 15.8. The molecular weight excluding hydrogens is 656 g/mol. The van der Waals surface area contributed by atoms with Crippen molar-refractivity contribution < 1.29 is 47.5 Å². The van der Waals surface area contributed by atoms with E-state index in [9.17, 15) is 19.8 Å². The molecule has 0 saturated carbocycles. The summed E-state index contributed by atoms with van der Waals surface area (Å²) < 4.78 is 0. The standard InChI is InChI=1S/2C3H4Br2O2.Hg/c2*4-1-2(5)3(6)7;/h2*2H,1H2,(H,6,7);/q;;+2/p-2. The Labute approximate surface area is 142 Å². The monoisotopic (exact) mass is 660 g/mol. The average molecular weight is 662 g/mol. The zero-order valence-corrected chi connectivity index (χ0v) is 19.3. The van der Waals surface area contributed by atoms with Crippen molar-refractivity contribution in [1.29, 1.82) is 0 Å². The fraction of sp³-hybridized carbons (Fsp3) is 0.667. The number of carboxylic acids is 2. The summed E-state index contributed by atoms with van der Waals surface area (Å²) >= 11 is 11.6. The Kier molecular flexibility index (Phi) is 20.3. The first-order valence-corrected chi connectivity index (χ1v) is 7.26. The van der Waals surface area contributed by atoms with Crippen LogP contribution in [0.5, 0.6) is 0 Å². The second-order valence-electron chi connectivity index (χ2n) is 1.88. The molecule has 0 aromatic carbocycles. The van der Waals surface area contributed by atoms with Gasteiger partial charge in [-0.05, 0) is 0 Å². The van der Waals surface area contributed by atoms with Gasteiger partial charge >= 0.3 is 27.7 Å². The van der Waals surface area contributed by atoms with Gasteiger partial charge in [0.05, 0.1) is 21.6 Å². The minimum atomic E-state index is -1.09. The van der Waals surface area contributed by atoms with Crippen LogP contribution in [-0.2, 0) is 37.3 Å². The van der Waals surface area contributed by atoms with Gasteiger partial charge in [-0.3, -0.25) is 0 Å². The maximum absolute atomic E-state index is 9.74. The maximum atomic E-state index is 9.74. The SMILES string of the molecule is O=C([O-])C(Br)CBr.O=C([O-])C(Br)CBr.[Hg+2]. The molecule has 0 aliphatic heterocycles. The average Bonchev–Trinajstić information content (AvgIpc) is 2.15. The quantitative estimate of drug-likeness (QED) is 0.309. The summed E-state index contributed by atoms with van der Waals surface area (Å²) in [5, 5.41) is 20.3. The van der Waals surface area contributed by atoms with Crippen LogP contribution in [-0.4, -0.2) is 32.3 Å². The van der Waals surface area contributed by atoms with Gasteiger partial charge in [0.15, 0.2) is 0 Å². The Morgan fingerprint density at radius 3 is 1.13 bits per heavy atom. The van der Waals surface area contributed by atoms with E-state index in [1.54, 1.807) is 0 Å². The van der Waals surface area contributed by atoms with Crippen LogP contribution in [0.2, 0.25) is 0 Å². The topological polar surface area (TPSA) is 80.3 Å². The summed E-state index contributed by atoms with van der Waals surface area (Å²) in [5.74, 6) is -2.17. The molecule has 4 nitrogen and oxygen atoms in total. The molecule has 0 aliphatic rings. The van der Waals surface area contributed by atoms with Crippen molar-refractivity contribution in [2.45, 2.75) is 9.65 Å². The molecule has 0 aromatic heterocycles. The second-order valence-corrected chi connectivity index (χ2v) is 5.39. The maximum Gasteiger partial charge on any atom is 2.00 e. The molecule has 0 fully saturated rings. The molecule has 0 bridgehead atoms. The first-order valence-electron chi connectivity index (χ1n) is 3.18. The fourth-order valence-electron chi connectivity index (χ4n) is 0.126. The zero-order chi connectivity index (χ0) is 11.7. The number of alkyl halides is 4. The third-order valence-corrected chi connectivity index (χ3v) is 5.21. The number of aliphatic carboxylic acids is 2. The second kappa shape index (κ2) is 13.9. The Morgan fingerprint density at radius 1 is 0.933 bits per heavy atom. The Morgan fingerprint density at radius 2 is 1.13 bits per heavy atom. The van der Waals surface area contributed by atoms with Crippen LogP contribution >= 0.6 is 63.7 Å². The van der Waals surface area contributed by atoms with Gasteiger partial charge in [-0.15, -0.1) is 0 Å². The molecule has 2 unspecified atom stereocenters. The van der Waals surface area contributed by atoms with Gasteiger partial charge < -0.3 is 19.8 Å². The van der Waals surface area contributed by atoms with E-state index in [0.717, 1.165) is 0 Å². The summed E-state index contributed by atoms with van der Waals surface area (Å²) in [6.07, 6.45) is 0. The van der Waals surface area contributed by atoms with Crippen molar-refractivity contribution in [2.75, 3.05) is 10.7 Å². The normalized spacial score (nSPS) is 12.5. The number of hydrogen-bond donors (Lipinski definition) is 0. The van der Waals surface area contributed by atoms with E-state index >= 15 is 0 Å². The molecule has 0 radical (unpaired) electrons. The minimum absolute atomic E-state index is 0.